The zero-order chi connectivity index (χ0) is 13.8. The molecule has 0 spiro atoms. The SMILES string of the molecule is NNc1nc(NCc2nccs2)nc(-n2cccn2)n1. The topological polar surface area (TPSA) is 119 Å². The molecule has 0 aromatic carbocycles. The lowest BCUT2D eigenvalue weighted by molar-refractivity contribution is 0.795. The molecule has 0 unspecified atom stereocenters. The number of nitrogens with one attached hydrogen (secondary N) is 2. The molecule has 10 heteroatoms. The van der Waals surface area contributed by atoms with E-state index in [1.165, 1.54) is 4.68 Å². The highest BCUT2D eigenvalue weighted by Gasteiger charge is 2.08. The summed E-state index contributed by atoms with van der Waals surface area (Å²) in [6.45, 7) is 0.532. The van der Waals surface area contributed by atoms with E-state index in [9.17, 15) is 0 Å². The summed E-state index contributed by atoms with van der Waals surface area (Å²) in [6, 6.07) is 1.78. The molecule has 3 heterocycles. The fourth-order valence-electron chi connectivity index (χ4n) is 1.49. The van der Waals surface area contributed by atoms with Crippen molar-refractivity contribution in [2.45, 2.75) is 6.54 Å². The van der Waals surface area contributed by atoms with E-state index in [0.717, 1.165) is 5.01 Å². The van der Waals surface area contributed by atoms with Crippen molar-refractivity contribution >= 4 is 23.2 Å². The van der Waals surface area contributed by atoms with Crippen molar-refractivity contribution in [1.82, 2.24) is 29.7 Å². The summed E-state index contributed by atoms with van der Waals surface area (Å²) in [5, 5.41) is 9.99. The second kappa shape index (κ2) is 5.59. The standard InChI is InChI=1S/C10H11N9S/c11-18-9-15-8(13-6-7-12-3-5-20-7)16-10(17-9)19-4-1-2-14-19/h1-5H,6,11H2,(H2,13,15,16,17,18). The number of nitrogen functional groups attached to an aromatic ring is 1. The third-order valence-corrected chi connectivity index (χ3v) is 3.12. The lowest BCUT2D eigenvalue weighted by Gasteiger charge is -2.07. The number of nitrogens with zero attached hydrogens (tertiary/aromatic N) is 6. The fraction of sp³-hybridized carbons (Fsp3) is 0.100. The van der Waals surface area contributed by atoms with Crippen molar-refractivity contribution in [3.63, 3.8) is 0 Å². The van der Waals surface area contributed by atoms with Gasteiger partial charge < -0.3 is 5.32 Å². The van der Waals surface area contributed by atoms with Crippen molar-refractivity contribution in [3.05, 3.63) is 35.0 Å². The van der Waals surface area contributed by atoms with E-state index >= 15 is 0 Å². The Morgan fingerprint density at radius 1 is 1.20 bits per heavy atom. The highest BCUT2D eigenvalue weighted by atomic mass is 32.1. The quantitative estimate of drug-likeness (QED) is 0.456. The van der Waals surface area contributed by atoms with Gasteiger partial charge in [0.1, 0.15) is 5.01 Å². The van der Waals surface area contributed by atoms with E-state index in [0.29, 0.717) is 18.4 Å². The Morgan fingerprint density at radius 3 is 2.80 bits per heavy atom. The van der Waals surface area contributed by atoms with Gasteiger partial charge in [0.25, 0.3) is 5.95 Å². The Kier molecular flexibility index (Phi) is 3.48. The second-order valence-electron chi connectivity index (χ2n) is 3.66. The molecule has 9 nitrogen and oxygen atoms in total. The highest BCUT2D eigenvalue weighted by Crippen LogP contribution is 2.10. The van der Waals surface area contributed by atoms with Crippen molar-refractivity contribution < 1.29 is 0 Å². The van der Waals surface area contributed by atoms with Gasteiger partial charge in [-0.1, -0.05) is 0 Å². The van der Waals surface area contributed by atoms with E-state index < -0.39 is 0 Å². The van der Waals surface area contributed by atoms with Gasteiger partial charge in [-0.05, 0) is 6.07 Å². The second-order valence-corrected chi connectivity index (χ2v) is 4.64. The summed E-state index contributed by atoms with van der Waals surface area (Å²) in [7, 11) is 0. The molecule has 0 saturated carbocycles. The Morgan fingerprint density at radius 2 is 2.10 bits per heavy atom. The maximum Gasteiger partial charge on any atom is 0.257 e. The number of hydrogen-bond acceptors (Lipinski definition) is 9. The minimum absolute atomic E-state index is 0.257. The van der Waals surface area contributed by atoms with Gasteiger partial charge in [-0.25, -0.2) is 15.5 Å². The molecular weight excluding hydrogens is 278 g/mol. The van der Waals surface area contributed by atoms with Gasteiger partial charge in [-0.3, -0.25) is 5.43 Å². The van der Waals surface area contributed by atoms with E-state index in [4.69, 9.17) is 5.84 Å². The predicted octanol–water partition coefficient (Wildman–Crippen LogP) is 0.411. The van der Waals surface area contributed by atoms with Gasteiger partial charge in [0.15, 0.2) is 0 Å². The van der Waals surface area contributed by atoms with Crippen LogP contribution >= 0.6 is 11.3 Å². The van der Waals surface area contributed by atoms with E-state index in [2.05, 4.69) is 35.8 Å². The molecule has 3 aromatic heterocycles. The van der Waals surface area contributed by atoms with Crippen molar-refractivity contribution in [1.29, 1.82) is 0 Å². The van der Waals surface area contributed by atoms with Crippen LogP contribution in [0.5, 0.6) is 0 Å². The number of aromatic nitrogens is 6. The average molecular weight is 289 g/mol. The molecule has 3 rings (SSSR count). The van der Waals surface area contributed by atoms with Crippen molar-refractivity contribution in [3.8, 4) is 5.95 Å². The molecule has 102 valence electrons. The molecule has 4 N–H and O–H groups in total. The van der Waals surface area contributed by atoms with Crippen molar-refractivity contribution in [2.24, 2.45) is 5.84 Å². The van der Waals surface area contributed by atoms with E-state index in [1.54, 1.807) is 36.0 Å². The summed E-state index contributed by atoms with van der Waals surface area (Å²) in [6.07, 6.45) is 5.12. The van der Waals surface area contributed by atoms with Crippen LogP contribution in [0.4, 0.5) is 11.9 Å². The first-order valence-corrected chi connectivity index (χ1v) is 6.58. The monoisotopic (exact) mass is 289 g/mol. The van der Waals surface area contributed by atoms with Crippen LogP contribution in [-0.4, -0.2) is 29.7 Å². The minimum Gasteiger partial charge on any atom is -0.348 e. The van der Waals surface area contributed by atoms with Gasteiger partial charge in [-0.15, -0.1) is 11.3 Å². The molecular formula is C10H11N9S. The molecule has 0 aliphatic heterocycles. The molecule has 0 saturated heterocycles. The Balaban J connectivity index is 1.84. The third-order valence-electron chi connectivity index (χ3n) is 2.34. The third kappa shape index (κ3) is 2.70. The van der Waals surface area contributed by atoms with E-state index in [1.807, 2.05) is 5.38 Å². The highest BCUT2D eigenvalue weighted by molar-refractivity contribution is 7.09. The van der Waals surface area contributed by atoms with Crippen LogP contribution < -0.4 is 16.6 Å². The molecule has 0 fully saturated rings. The van der Waals surface area contributed by atoms with Crippen LogP contribution in [0.25, 0.3) is 5.95 Å². The molecule has 0 radical (unpaired) electrons. The van der Waals surface area contributed by atoms with Crippen LogP contribution in [0.15, 0.2) is 30.0 Å². The van der Waals surface area contributed by atoms with Crippen LogP contribution in [0.2, 0.25) is 0 Å². The molecule has 0 amide bonds. The predicted molar refractivity (Wildman–Crippen MR) is 74.2 cm³/mol. The van der Waals surface area contributed by atoms with Crippen LogP contribution in [-0.2, 0) is 6.54 Å². The Labute approximate surface area is 117 Å². The average Bonchev–Trinajstić information content (AvgIpc) is 3.17. The maximum atomic E-state index is 5.36. The normalized spacial score (nSPS) is 10.4. The molecule has 0 atom stereocenters. The molecule has 3 aromatic rings. The summed E-state index contributed by atoms with van der Waals surface area (Å²) in [4.78, 5) is 16.7. The van der Waals surface area contributed by atoms with Gasteiger partial charge in [-0.2, -0.15) is 20.1 Å². The van der Waals surface area contributed by atoms with Crippen molar-refractivity contribution in [2.75, 3.05) is 10.7 Å². The van der Waals surface area contributed by atoms with Crippen LogP contribution in [0.1, 0.15) is 5.01 Å². The van der Waals surface area contributed by atoms with E-state index in [-0.39, 0.29) is 5.95 Å². The van der Waals surface area contributed by atoms with Gasteiger partial charge >= 0.3 is 0 Å². The zero-order valence-corrected chi connectivity index (χ0v) is 11.1. The summed E-state index contributed by atoms with van der Waals surface area (Å²) in [5.74, 6) is 6.39. The number of rotatable bonds is 5. The molecule has 0 aliphatic rings. The maximum absolute atomic E-state index is 5.36. The first-order valence-electron chi connectivity index (χ1n) is 5.70. The van der Waals surface area contributed by atoms with Gasteiger partial charge in [0, 0.05) is 24.0 Å². The summed E-state index contributed by atoms with van der Waals surface area (Å²) in [5.41, 5.74) is 2.41. The smallest absolute Gasteiger partial charge is 0.257 e. The Hall–Kier alpha value is -2.59. The molecule has 0 bridgehead atoms. The number of nitrogens with two attached hydrogens (primary N) is 1. The molecule has 0 aliphatic carbocycles. The summed E-state index contributed by atoms with van der Waals surface area (Å²) < 4.78 is 1.52. The van der Waals surface area contributed by atoms with Gasteiger partial charge in [0.05, 0.1) is 6.54 Å². The fourth-order valence-corrected chi connectivity index (χ4v) is 2.05. The zero-order valence-electron chi connectivity index (χ0n) is 10.3. The summed E-state index contributed by atoms with van der Waals surface area (Å²) >= 11 is 1.55. The lowest BCUT2D eigenvalue weighted by Crippen LogP contribution is -2.16. The van der Waals surface area contributed by atoms with Crippen LogP contribution in [0, 0.1) is 0 Å². The first-order chi connectivity index (χ1) is 9.85. The number of hydrogen-bond donors (Lipinski definition) is 3. The van der Waals surface area contributed by atoms with Crippen LogP contribution in [0.3, 0.4) is 0 Å². The number of anilines is 2. The Bertz CT molecular complexity index is 664. The van der Waals surface area contributed by atoms with Gasteiger partial charge in [0.2, 0.25) is 11.9 Å². The first kappa shape index (κ1) is 12.4. The largest absolute Gasteiger partial charge is 0.348 e. The number of hydrazine groups is 1. The number of thiazole rings is 1. The minimum atomic E-state index is 0.257. The lowest BCUT2D eigenvalue weighted by atomic mass is 10.6. The molecule has 20 heavy (non-hydrogen) atoms.